The van der Waals surface area contributed by atoms with E-state index in [4.69, 9.17) is 8.83 Å². The number of hydrogen-bond donors (Lipinski definition) is 0. The second kappa shape index (κ2) is 14.4. The van der Waals surface area contributed by atoms with Crippen LogP contribution >= 0.6 is 0 Å². The van der Waals surface area contributed by atoms with Crippen LogP contribution in [-0.4, -0.2) is 0 Å². The molecule has 0 radical (unpaired) electrons. The Morgan fingerprint density at radius 1 is 0.267 bits per heavy atom. The molecule has 4 nitrogen and oxygen atoms in total. The van der Waals surface area contributed by atoms with Crippen LogP contribution in [0.25, 0.3) is 111 Å². The molecule has 0 saturated carbocycles. The van der Waals surface area contributed by atoms with Gasteiger partial charge in [0, 0.05) is 0 Å². The van der Waals surface area contributed by atoms with Crippen LogP contribution in [0.3, 0.4) is 0 Å². The first kappa shape index (κ1) is 35.1. The first-order valence-electron chi connectivity index (χ1n) is 20.0. The van der Waals surface area contributed by atoms with E-state index in [2.05, 4.69) is 97.1 Å². The molecule has 11 aromatic rings. The zero-order chi connectivity index (χ0) is 40.2. The average Bonchev–Trinajstić information content (AvgIpc) is 3.32. The molecule has 0 aliphatic rings. The van der Waals surface area contributed by atoms with Gasteiger partial charge >= 0.3 is 0 Å². The first-order valence-corrected chi connectivity index (χ1v) is 20.0. The highest BCUT2D eigenvalue weighted by Crippen LogP contribution is 2.38. The Balaban J connectivity index is 0.990. The Morgan fingerprint density at radius 2 is 0.633 bits per heavy atom. The van der Waals surface area contributed by atoms with Gasteiger partial charge in [-0.3, -0.25) is 9.59 Å². The second-order valence-electron chi connectivity index (χ2n) is 15.1. The van der Waals surface area contributed by atoms with E-state index in [0.29, 0.717) is 32.9 Å². The van der Waals surface area contributed by atoms with Crippen molar-refractivity contribution in [2.24, 2.45) is 0 Å². The van der Waals surface area contributed by atoms with E-state index in [1.807, 2.05) is 97.1 Å². The number of hydrogen-bond acceptors (Lipinski definition) is 4. The first-order chi connectivity index (χ1) is 29.6. The Labute approximate surface area is 344 Å². The molecule has 282 valence electrons. The van der Waals surface area contributed by atoms with Crippen molar-refractivity contribution in [1.82, 2.24) is 0 Å². The quantitative estimate of drug-likeness (QED) is 0.125. The van der Waals surface area contributed by atoms with Gasteiger partial charge in [-0.05, 0) is 103 Å². The van der Waals surface area contributed by atoms with Crippen LogP contribution in [0.4, 0.5) is 0 Å². The Bertz CT molecular complexity index is 3550. The number of benzene rings is 9. The molecule has 2 aromatic heterocycles. The fourth-order valence-electron chi connectivity index (χ4n) is 8.50. The van der Waals surface area contributed by atoms with Crippen LogP contribution in [-0.2, 0) is 0 Å². The van der Waals surface area contributed by atoms with Crippen molar-refractivity contribution in [2.45, 2.75) is 0 Å². The standard InChI is InChI=1S/C56H34O4/c57-54-47-29-27-42(46-18-10-8-16-44(46)40-25-21-38(22-26-40)36-13-5-2-6-14-36)34-52(47)60-56-49(54)31-32-50-53(56)55(58)48-30-28-41(33-51(48)59-50)45-17-9-7-15-43(45)39-23-19-37(20-24-39)35-11-3-1-4-12-35/h1-34H. The molecule has 11 rings (SSSR count). The normalized spacial score (nSPS) is 11.5. The van der Waals surface area contributed by atoms with Crippen molar-refractivity contribution in [3.05, 3.63) is 227 Å². The van der Waals surface area contributed by atoms with Gasteiger partial charge in [0.05, 0.1) is 16.2 Å². The van der Waals surface area contributed by atoms with Crippen molar-refractivity contribution in [1.29, 1.82) is 0 Å². The maximum absolute atomic E-state index is 14.4. The molecule has 0 saturated heterocycles. The van der Waals surface area contributed by atoms with E-state index in [0.717, 1.165) is 61.2 Å². The molecule has 0 aliphatic heterocycles. The lowest BCUT2D eigenvalue weighted by Gasteiger charge is -2.13. The summed E-state index contributed by atoms with van der Waals surface area (Å²) in [6, 6.07) is 69.0. The molecule has 0 fully saturated rings. The third kappa shape index (κ3) is 6.02. The number of fused-ring (bicyclic) bond motifs is 5. The zero-order valence-electron chi connectivity index (χ0n) is 32.3. The van der Waals surface area contributed by atoms with Gasteiger partial charge in [0.2, 0.25) is 10.9 Å². The molecule has 0 aliphatic carbocycles. The largest absolute Gasteiger partial charge is 0.456 e. The maximum atomic E-state index is 14.4. The van der Waals surface area contributed by atoms with Crippen molar-refractivity contribution >= 4 is 43.9 Å². The van der Waals surface area contributed by atoms with Gasteiger partial charge in [-0.2, -0.15) is 0 Å². The Morgan fingerprint density at radius 3 is 1.13 bits per heavy atom. The summed E-state index contributed by atoms with van der Waals surface area (Å²) >= 11 is 0. The van der Waals surface area contributed by atoms with Gasteiger partial charge in [0.1, 0.15) is 22.1 Å². The molecule has 0 amide bonds. The summed E-state index contributed by atoms with van der Waals surface area (Å²) in [6.45, 7) is 0. The van der Waals surface area contributed by atoms with E-state index in [-0.39, 0.29) is 21.8 Å². The van der Waals surface area contributed by atoms with Gasteiger partial charge in [0.15, 0.2) is 5.58 Å². The van der Waals surface area contributed by atoms with Crippen LogP contribution in [0.5, 0.6) is 0 Å². The molecule has 9 aromatic carbocycles. The lowest BCUT2D eigenvalue weighted by Crippen LogP contribution is -2.07. The van der Waals surface area contributed by atoms with E-state index in [1.54, 1.807) is 12.1 Å². The lowest BCUT2D eigenvalue weighted by atomic mass is 9.93. The highest BCUT2D eigenvalue weighted by Gasteiger charge is 2.19. The maximum Gasteiger partial charge on any atom is 0.204 e. The molecular formula is C56H34O4. The smallest absolute Gasteiger partial charge is 0.204 e. The Kier molecular flexibility index (Phi) is 8.42. The third-order valence-corrected chi connectivity index (χ3v) is 11.6. The van der Waals surface area contributed by atoms with Gasteiger partial charge < -0.3 is 8.83 Å². The molecule has 2 heterocycles. The SMILES string of the molecule is O=c1c2ccc(-c3ccccc3-c3ccc(-c4ccccc4)cc3)cc2oc2c1ccc1oc3cc(-c4ccccc4-c4ccc(-c5ccccc5)cc4)ccc3c(=O)c12. The third-order valence-electron chi connectivity index (χ3n) is 11.6. The molecule has 0 N–H and O–H groups in total. The summed E-state index contributed by atoms with van der Waals surface area (Å²) in [7, 11) is 0. The van der Waals surface area contributed by atoms with Gasteiger partial charge in [0.25, 0.3) is 0 Å². The lowest BCUT2D eigenvalue weighted by molar-refractivity contribution is 0.649. The molecule has 0 unspecified atom stereocenters. The summed E-state index contributed by atoms with van der Waals surface area (Å²) < 4.78 is 13.1. The summed E-state index contributed by atoms with van der Waals surface area (Å²) in [4.78, 5) is 28.5. The van der Waals surface area contributed by atoms with Crippen LogP contribution in [0, 0.1) is 0 Å². The topological polar surface area (TPSA) is 60.4 Å². The predicted octanol–water partition coefficient (Wildman–Crippen LogP) is 14.2. The van der Waals surface area contributed by atoms with E-state index in [1.165, 1.54) is 5.56 Å². The minimum Gasteiger partial charge on any atom is -0.456 e. The van der Waals surface area contributed by atoms with E-state index in [9.17, 15) is 9.59 Å². The van der Waals surface area contributed by atoms with Crippen molar-refractivity contribution in [2.75, 3.05) is 0 Å². The fraction of sp³-hybridized carbons (Fsp3) is 0. The van der Waals surface area contributed by atoms with Crippen molar-refractivity contribution < 1.29 is 8.83 Å². The average molecular weight is 771 g/mol. The van der Waals surface area contributed by atoms with Crippen LogP contribution in [0.1, 0.15) is 0 Å². The molecular weight excluding hydrogens is 737 g/mol. The molecule has 4 heteroatoms. The minimum atomic E-state index is -0.254. The zero-order valence-corrected chi connectivity index (χ0v) is 32.3. The van der Waals surface area contributed by atoms with Gasteiger partial charge in [-0.25, -0.2) is 0 Å². The summed E-state index contributed by atoms with van der Waals surface area (Å²) in [5.74, 6) is 0. The van der Waals surface area contributed by atoms with Crippen LogP contribution in [0.15, 0.2) is 225 Å². The number of rotatable bonds is 6. The van der Waals surface area contributed by atoms with Gasteiger partial charge in [-0.15, -0.1) is 0 Å². The highest BCUT2D eigenvalue weighted by molar-refractivity contribution is 6.08. The van der Waals surface area contributed by atoms with Crippen molar-refractivity contribution in [3.63, 3.8) is 0 Å². The summed E-state index contributed by atoms with van der Waals surface area (Å²) in [6.07, 6.45) is 0. The van der Waals surface area contributed by atoms with E-state index < -0.39 is 0 Å². The van der Waals surface area contributed by atoms with Gasteiger partial charge in [-0.1, -0.05) is 170 Å². The van der Waals surface area contributed by atoms with Crippen LogP contribution < -0.4 is 10.9 Å². The molecule has 0 spiro atoms. The highest BCUT2D eigenvalue weighted by atomic mass is 16.3. The summed E-state index contributed by atoms with van der Waals surface area (Å²) in [5, 5.41) is 1.43. The molecule has 0 bridgehead atoms. The monoisotopic (exact) mass is 770 g/mol. The minimum absolute atomic E-state index is 0.201. The van der Waals surface area contributed by atoms with Crippen molar-refractivity contribution in [3.8, 4) is 66.8 Å². The summed E-state index contributed by atoms with van der Waals surface area (Å²) in [5.41, 5.74) is 13.7. The second-order valence-corrected chi connectivity index (χ2v) is 15.1. The Hall–Kier alpha value is -8.08. The predicted molar refractivity (Wildman–Crippen MR) is 246 cm³/mol. The van der Waals surface area contributed by atoms with E-state index >= 15 is 0 Å². The van der Waals surface area contributed by atoms with Crippen LogP contribution in [0.2, 0.25) is 0 Å². The molecule has 60 heavy (non-hydrogen) atoms. The molecule has 0 atom stereocenters. The fourth-order valence-corrected chi connectivity index (χ4v) is 8.50.